The highest BCUT2D eigenvalue weighted by molar-refractivity contribution is 5.89. The third-order valence-corrected chi connectivity index (χ3v) is 4.60. The van der Waals surface area contributed by atoms with Gasteiger partial charge in [-0.3, -0.25) is 10.2 Å². The maximum atomic E-state index is 14.1. The molecule has 1 aromatic carbocycles. The van der Waals surface area contributed by atoms with Crippen molar-refractivity contribution in [3.05, 3.63) is 35.9 Å². The van der Waals surface area contributed by atoms with Crippen LogP contribution in [-0.2, 0) is 19.8 Å². The Morgan fingerprint density at radius 3 is 2.68 bits per heavy atom. The molecular formula is C16H21FN4O4. The van der Waals surface area contributed by atoms with Gasteiger partial charge in [-0.2, -0.15) is 5.48 Å². The Kier molecular flexibility index (Phi) is 4.63. The molecule has 2 heterocycles. The van der Waals surface area contributed by atoms with Crippen molar-refractivity contribution in [2.24, 2.45) is 0 Å². The summed E-state index contributed by atoms with van der Waals surface area (Å²) in [6.07, 6.45) is -1.23. The van der Waals surface area contributed by atoms with Crippen LogP contribution in [0, 0.1) is 0 Å². The Bertz CT molecular complexity index is 653. The third kappa shape index (κ3) is 3.30. The van der Waals surface area contributed by atoms with Crippen LogP contribution in [0.4, 0.5) is 9.18 Å². The number of benzene rings is 1. The lowest BCUT2D eigenvalue weighted by Crippen LogP contribution is -2.72. The first kappa shape index (κ1) is 17.6. The first-order valence-electron chi connectivity index (χ1n) is 7.92. The predicted octanol–water partition coefficient (Wildman–Crippen LogP) is 0.216. The van der Waals surface area contributed by atoms with Gasteiger partial charge in [-0.25, -0.2) is 14.2 Å². The molecule has 3 N–H and O–H groups in total. The zero-order chi connectivity index (χ0) is 18.1. The summed E-state index contributed by atoms with van der Waals surface area (Å²) in [4.78, 5) is 29.0. The van der Waals surface area contributed by atoms with Gasteiger partial charge in [-0.05, 0) is 12.5 Å². The van der Waals surface area contributed by atoms with E-state index in [0.717, 1.165) is 0 Å². The molecule has 2 saturated heterocycles. The van der Waals surface area contributed by atoms with Gasteiger partial charge in [0.15, 0.2) is 0 Å². The number of cyclic esters (lactones) is 1. The van der Waals surface area contributed by atoms with Crippen molar-refractivity contribution >= 4 is 12.0 Å². The minimum atomic E-state index is -1.70. The van der Waals surface area contributed by atoms with E-state index in [1.165, 1.54) is 12.1 Å². The number of amides is 2. The number of hydrogen-bond donors (Lipinski definition) is 3. The monoisotopic (exact) mass is 352 g/mol. The number of rotatable bonds is 6. The van der Waals surface area contributed by atoms with Crippen LogP contribution in [0.2, 0.25) is 0 Å². The number of ether oxygens (including phenoxy) is 1. The summed E-state index contributed by atoms with van der Waals surface area (Å²) < 4.78 is 19.3. The van der Waals surface area contributed by atoms with E-state index >= 15 is 0 Å². The topological polar surface area (TPSA) is 91.9 Å². The second-order valence-corrected chi connectivity index (χ2v) is 6.41. The smallest absolute Gasteiger partial charge is 0.407 e. The third-order valence-electron chi connectivity index (χ3n) is 4.60. The molecule has 0 aliphatic carbocycles. The minimum Gasteiger partial charge on any atom is -0.443 e. The Balaban J connectivity index is 1.76. The molecule has 3 rings (SSSR count). The first-order chi connectivity index (χ1) is 11.9. The quantitative estimate of drug-likeness (QED) is 0.501. The number of halogens is 1. The average molecular weight is 352 g/mol. The highest BCUT2D eigenvalue weighted by Gasteiger charge is 2.51. The zero-order valence-electron chi connectivity index (χ0n) is 14.0. The molecular weight excluding hydrogens is 331 g/mol. The number of hydroxylamine groups is 1. The molecule has 2 aliphatic rings. The van der Waals surface area contributed by atoms with E-state index in [1.807, 2.05) is 18.2 Å². The summed E-state index contributed by atoms with van der Waals surface area (Å²) in [5.41, 5.74) is 4.54. The van der Waals surface area contributed by atoms with Gasteiger partial charge in [0.05, 0.1) is 26.7 Å². The van der Waals surface area contributed by atoms with Gasteiger partial charge in [-0.15, -0.1) is 0 Å². The molecule has 0 saturated carbocycles. The molecule has 8 nitrogen and oxygen atoms in total. The van der Waals surface area contributed by atoms with E-state index in [2.05, 4.69) is 21.1 Å². The molecule has 136 valence electrons. The number of hydrazine groups is 1. The summed E-state index contributed by atoms with van der Waals surface area (Å²) >= 11 is 0. The molecule has 1 aromatic rings. The number of nitrogens with zero attached hydrogens (tertiary/aromatic N) is 1. The SMILES string of the molecule is CONC1(F)CN(NC(=O)C(C)(c2ccccc2)C2CNC(=O)O2)C1. The number of alkyl carbamates (subject to hydrolysis) is 1. The summed E-state index contributed by atoms with van der Waals surface area (Å²) in [5.74, 6) is -2.08. The normalized spacial score (nSPS) is 24.6. The predicted molar refractivity (Wildman–Crippen MR) is 85.8 cm³/mol. The number of carbonyl (C=O) groups excluding carboxylic acids is 2. The van der Waals surface area contributed by atoms with E-state index in [1.54, 1.807) is 19.1 Å². The van der Waals surface area contributed by atoms with Gasteiger partial charge in [0, 0.05) is 0 Å². The lowest BCUT2D eigenvalue weighted by molar-refractivity contribution is -0.169. The van der Waals surface area contributed by atoms with Crippen molar-refractivity contribution in [2.45, 2.75) is 24.2 Å². The van der Waals surface area contributed by atoms with Gasteiger partial charge in [0.25, 0.3) is 0 Å². The van der Waals surface area contributed by atoms with Crippen LogP contribution in [0.1, 0.15) is 12.5 Å². The second-order valence-electron chi connectivity index (χ2n) is 6.41. The summed E-state index contributed by atoms with van der Waals surface area (Å²) in [6.45, 7) is 1.81. The molecule has 0 radical (unpaired) electrons. The fourth-order valence-corrected chi connectivity index (χ4v) is 3.10. The van der Waals surface area contributed by atoms with E-state index in [0.29, 0.717) is 5.56 Å². The average Bonchev–Trinajstić information content (AvgIpc) is 3.00. The van der Waals surface area contributed by atoms with E-state index in [4.69, 9.17) is 4.74 Å². The maximum Gasteiger partial charge on any atom is 0.407 e. The second kappa shape index (κ2) is 6.58. The number of nitrogens with one attached hydrogen (secondary N) is 3. The first-order valence-corrected chi connectivity index (χ1v) is 7.92. The van der Waals surface area contributed by atoms with Crippen molar-refractivity contribution in [1.29, 1.82) is 0 Å². The van der Waals surface area contributed by atoms with E-state index < -0.39 is 23.4 Å². The van der Waals surface area contributed by atoms with Gasteiger partial charge in [0.2, 0.25) is 11.7 Å². The van der Waals surface area contributed by atoms with Crippen molar-refractivity contribution < 1.29 is 23.6 Å². The van der Waals surface area contributed by atoms with Crippen LogP contribution >= 0.6 is 0 Å². The van der Waals surface area contributed by atoms with Gasteiger partial charge in [0.1, 0.15) is 11.5 Å². The molecule has 0 spiro atoms. The number of alkyl halides is 1. The van der Waals surface area contributed by atoms with Crippen molar-refractivity contribution in [1.82, 2.24) is 21.2 Å². The molecule has 2 atom stereocenters. The molecule has 25 heavy (non-hydrogen) atoms. The Morgan fingerprint density at radius 1 is 1.44 bits per heavy atom. The fraction of sp³-hybridized carbons (Fsp3) is 0.500. The molecule has 0 aromatic heterocycles. The van der Waals surface area contributed by atoms with Crippen molar-refractivity contribution in [3.63, 3.8) is 0 Å². The van der Waals surface area contributed by atoms with Gasteiger partial charge in [-0.1, -0.05) is 30.3 Å². The number of hydrogen-bond acceptors (Lipinski definition) is 6. The molecule has 9 heteroatoms. The van der Waals surface area contributed by atoms with Crippen molar-refractivity contribution in [3.8, 4) is 0 Å². The largest absolute Gasteiger partial charge is 0.443 e. The van der Waals surface area contributed by atoms with Gasteiger partial charge < -0.3 is 14.9 Å². The van der Waals surface area contributed by atoms with Gasteiger partial charge >= 0.3 is 6.09 Å². The van der Waals surface area contributed by atoms with Crippen LogP contribution in [0.3, 0.4) is 0 Å². The number of carbonyl (C=O) groups is 2. The molecule has 2 amide bonds. The van der Waals surface area contributed by atoms with Crippen LogP contribution < -0.4 is 16.2 Å². The standard InChI is InChI=1S/C16H21FN4O4/c1-15(11-6-4-3-5-7-11,12-8-18-14(23)25-12)13(22)19-21-9-16(17,10-21)20-24-2/h3-7,12,20H,8-10H2,1-2H3,(H,18,23)(H,19,22). The maximum absolute atomic E-state index is 14.1. The lowest BCUT2D eigenvalue weighted by atomic mass is 9.76. The van der Waals surface area contributed by atoms with Crippen LogP contribution in [0.5, 0.6) is 0 Å². The highest BCUT2D eigenvalue weighted by Crippen LogP contribution is 2.32. The zero-order valence-corrected chi connectivity index (χ0v) is 14.0. The summed E-state index contributed by atoms with van der Waals surface area (Å²) in [7, 11) is 1.33. The van der Waals surface area contributed by atoms with Crippen LogP contribution in [0.25, 0.3) is 0 Å². The lowest BCUT2D eigenvalue weighted by Gasteiger charge is -2.45. The molecule has 2 aliphatic heterocycles. The van der Waals surface area contributed by atoms with Crippen molar-refractivity contribution in [2.75, 3.05) is 26.7 Å². The molecule has 2 unspecified atom stereocenters. The summed E-state index contributed by atoms with van der Waals surface area (Å²) in [5, 5.41) is 4.01. The van der Waals surface area contributed by atoms with Crippen LogP contribution in [0.15, 0.2) is 30.3 Å². The van der Waals surface area contributed by atoms with Crippen LogP contribution in [-0.4, -0.2) is 55.7 Å². The molecule has 2 fully saturated rings. The minimum absolute atomic E-state index is 0.0554. The Hall–Kier alpha value is -2.23. The Morgan fingerprint density at radius 2 is 2.12 bits per heavy atom. The molecule has 0 bridgehead atoms. The van der Waals surface area contributed by atoms with E-state index in [-0.39, 0.29) is 25.5 Å². The Labute approximate surface area is 144 Å². The fourth-order valence-electron chi connectivity index (χ4n) is 3.10. The highest BCUT2D eigenvalue weighted by atomic mass is 19.1. The summed E-state index contributed by atoms with van der Waals surface area (Å²) in [6, 6.07) is 9.05. The van der Waals surface area contributed by atoms with E-state index in [9.17, 15) is 14.0 Å².